The summed E-state index contributed by atoms with van der Waals surface area (Å²) in [5, 5.41) is 2.09. The fourth-order valence-electron chi connectivity index (χ4n) is 1.80. The zero-order chi connectivity index (χ0) is 14.9. The van der Waals surface area contributed by atoms with E-state index in [4.69, 9.17) is 0 Å². The third-order valence-electron chi connectivity index (χ3n) is 2.59. The van der Waals surface area contributed by atoms with Gasteiger partial charge in [0.15, 0.2) is 0 Å². The molecule has 2 rings (SSSR count). The number of fused-ring (bicyclic) bond motifs is 1. The summed E-state index contributed by atoms with van der Waals surface area (Å²) in [6, 6.07) is 4.94. The molecule has 3 nitrogen and oxygen atoms in total. The van der Waals surface area contributed by atoms with Crippen LogP contribution in [0.25, 0.3) is 10.9 Å². The fourth-order valence-corrected chi connectivity index (χ4v) is 1.80. The Bertz CT molecular complexity index is 662. The van der Waals surface area contributed by atoms with Gasteiger partial charge < -0.3 is 5.32 Å². The highest BCUT2D eigenvalue weighted by Gasteiger charge is 2.28. The van der Waals surface area contributed by atoms with Crippen LogP contribution in [0.1, 0.15) is 16.1 Å². The van der Waals surface area contributed by atoms with Gasteiger partial charge in [0, 0.05) is 17.1 Å². The number of hydrogen-bond donors (Lipinski definition) is 1. The Hall–Kier alpha value is -2.18. The molecule has 1 aromatic heterocycles. The van der Waals surface area contributed by atoms with Gasteiger partial charge in [-0.25, -0.2) is 4.39 Å². The maximum atomic E-state index is 13.1. The van der Waals surface area contributed by atoms with Crippen molar-refractivity contribution in [2.75, 3.05) is 6.54 Å². The minimum Gasteiger partial charge on any atom is -0.343 e. The minimum absolute atomic E-state index is 0.0387. The number of nitrogens with zero attached hydrogens (tertiary/aromatic N) is 1. The van der Waals surface area contributed by atoms with Crippen molar-refractivity contribution in [1.82, 2.24) is 10.3 Å². The molecule has 0 saturated carbocycles. The monoisotopic (exact) mass is 286 g/mol. The number of nitrogens with one attached hydrogen (secondary N) is 1. The lowest BCUT2D eigenvalue weighted by atomic mass is 10.1. The number of hydrogen-bond acceptors (Lipinski definition) is 2. The molecule has 7 heteroatoms. The summed E-state index contributed by atoms with van der Waals surface area (Å²) in [6.45, 7) is 0.154. The largest absolute Gasteiger partial charge is 0.405 e. The van der Waals surface area contributed by atoms with Gasteiger partial charge in [0.25, 0.3) is 5.91 Å². The molecule has 0 radical (unpaired) electrons. The van der Waals surface area contributed by atoms with E-state index < -0.39 is 24.4 Å². The minimum atomic E-state index is -4.49. The number of carbonyl (C=O) groups excluding carboxylic acids is 1. The fraction of sp³-hybridized carbons (Fsp3) is 0.231. The van der Waals surface area contributed by atoms with E-state index >= 15 is 0 Å². The molecule has 0 aliphatic carbocycles. The molecule has 0 unspecified atom stereocenters. The number of rotatable bonds is 2. The molecule has 1 amide bonds. The van der Waals surface area contributed by atoms with E-state index in [2.05, 4.69) is 4.98 Å². The van der Waals surface area contributed by atoms with Gasteiger partial charge in [-0.15, -0.1) is 0 Å². The van der Waals surface area contributed by atoms with Crippen LogP contribution in [0.4, 0.5) is 17.6 Å². The van der Waals surface area contributed by atoms with E-state index in [1.54, 1.807) is 12.2 Å². The third-order valence-corrected chi connectivity index (χ3v) is 2.59. The zero-order valence-corrected chi connectivity index (χ0v) is 10.4. The van der Waals surface area contributed by atoms with Crippen molar-refractivity contribution in [2.45, 2.75) is 13.1 Å². The van der Waals surface area contributed by atoms with Crippen molar-refractivity contribution in [3.63, 3.8) is 0 Å². The third kappa shape index (κ3) is 3.23. The van der Waals surface area contributed by atoms with Gasteiger partial charge in [0.05, 0.1) is 11.1 Å². The maximum Gasteiger partial charge on any atom is 0.405 e. The van der Waals surface area contributed by atoms with Crippen molar-refractivity contribution in [2.24, 2.45) is 0 Å². The van der Waals surface area contributed by atoms with E-state index in [9.17, 15) is 22.4 Å². The number of benzene rings is 1. The molecule has 1 heterocycles. The van der Waals surface area contributed by atoms with Crippen LogP contribution in [0.2, 0.25) is 0 Å². The van der Waals surface area contributed by atoms with Gasteiger partial charge in [-0.05, 0) is 25.1 Å². The molecular weight excluding hydrogens is 276 g/mol. The Morgan fingerprint density at radius 2 is 2.00 bits per heavy atom. The molecule has 0 saturated heterocycles. The smallest absolute Gasteiger partial charge is 0.343 e. The second kappa shape index (κ2) is 5.07. The van der Waals surface area contributed by atoms with Gasteiger partial charge in [-0.2, -0.15) is 13.2 Å². The van der Waals surface area contributed by atoms with Crippen molar-refractivity contribution >= 4 is 16.8 Å². The second-order valence-corrected chi connectivity index (χ2v) is 4.27. The van der Waals surface area contributed by atoms with Gasteiger partial charge in [0.1, 0.15) is 12.4 Å². The van der Waals surface area contributed by atoms with Crippen LogP contribution in [0.15, 0.2) is 24.3 Å². The Balaban J connectivity index is 2.40. The number of pyridine rings is 1. The Labute approximate surface area is 111 Å². The van der Waals surface area contributed by atoms with Crippen LogP contribution < -0.4 is 5.32 Å². The number of alkyl halides is 3. The summed E-state index contributed by atoms with van der Waals surface area (Å²) in [5.74, 6) is -1.40. The van der Waals surface area contributed by atoms with E-state index in [-0.39, 0.29) is 11.1 Å². The highest BCUT2D eigenvalue weighted by molar-refractivity contribution is 6.06. The molecule has 0 atom stereocenters. The summed E-state index contributed by atoms with van der Waals surface area (Å²) in [4.78, 5) is 15.9. The molecule has 106 valence electrons. The van der Waals surface area contributed by atoms with Crippen molar-refractivity contribution in [3.05, 3.63) is 41.3 Å². The molecule has 1 aromatic carbocycles. The Morgan fingerprint density at radius 1 is 1.30 bits per heavy atom. The molecular formula is C13H10F4N2O. The summed E-state index contributed by atoms with van der Waals surface area (Å²) in [7, 11) is 0. The number of carbonyl (C=O) groups is 1. The molecule has 2 aromatic rings. The number of aryl methyl sites for hydroxylation is 1. The SMILES string of the molecule is Cc1cc(C(=O)NCC(F)(F)F)c2ccc(F)cc2n1. The number of amides is 1. The van der Waals surface area contributed by atoms with E-state index in [0.29, 0.717) is 11.1 Å². The first-order valence-electron chi connectivity index (χ1n) is 5.68. The Morgan fingerprint density at radius 3 is 2.65 bits per heavy atom. The highest BCUT2D eigenvalue weighted by atomic mass is 19.4. The average Bonchev–Trinajstić information content (AvgIpc) is 2.33. The molecule has 20 heavy (non-hydrogen) atoms. The molecule has 0 fully saturated rings. The quantitative estimate of drug-likeness (QED) is 0.862. The van der Waals surface area contributed by atoms with E-state index in [0.717, 1.165) is 12.1 Å². The Kier molecular flexibility index (Phi) is 3.61. The lowest BCUT2D eigenvalue weighted by Gasteiger charge is -2.10. The molecule has 0 aliphatic rings. The topological polar surface area (TPSA) is 42.0 Å². The lowest BCUT2D eigenvalue weighted by molar-refractivity contribution is -0.123. The van der Waals surface area contributed by atoms with E-state index in [1.165, 1.54) is 12.1 Å². The summed E-state index contributed by atoms with van der Waals surface area (Å²) in [6.07, 6.45) is -4.49. The summed E-state index contributed by atoms with van der Waals surface area (Å²) < 4.78 is 49.4. The van der Waals surface area contributed by atoms with Crippen LogP contribution >= 0.6 is 0 Å². The maximum absolute atomic E-state index is 13.1. The summed E-state index contributed by atoms with van der Waals surface area (Å²) in [5.41, 5.74) is 0.680. The highest BCUT2D eigenvalue weighted by Crippen LogP contribution is 2.20. The number of aromatic nitrogens is 1. The predicted molar refractivity (Wildman–Crippen MR) is 64.8 cm³/mol. The number of halogens is 4. The van der Waals surface area contributed by atoms with Gasteiger partial charge >= 0.3 is 6.18 Å². The first-order valence-corrected chi connectivity index (χ1v) is 5.68. The van der Waals surface area contributed by atoms with Gasteiger partial charge in [-0.1, -0.05) is 0 Å². The molecule has 0 spiro atoms. The molecule has 0 aliphatic heterocycles. The van der Waals surface area contributed by atoms with Gasteiger partial charge in [0.2, 0.25) is 0 Å². The van der Waals surface area contributed by atoms with Gasteiger partial charge in [-0.3, -0.25) is 9.78 Å². The predicted octanol–water partition coefficient (Wildman–Crippen LogP) is 2.97. The summed E-state index contributed by atoms with van der Waals surface area (Å²) >= 11 is 0. The van der Waals surface area contributed by atoms with E-state index in [1.807, 2.05) is 0 Å². The van der Waals surface area contributed by atoms with Crippen LogP contribution in [0, 0.1) is 12.7 Å². The molecule has 0 bridgehead atoms. The standard InChI is InChI=1S/C13H10F4N2O/c1-7-4-10(12(20)18-6-13(15,16)17)9-3-2-8(14)5-11(9)19-7/h2-5H,6H2,1H3,(H,18,20). The molecule has 1 N–H and O–H groups in total. The normalized spacial score (nSPS) is 11.7. The van der Waals surface area contributed by atoms with Crippen molar-refractivity contribution in [1.29, 1.82) is 0 Å². The second-order valence-electron chi connectivity index (χ2n) is 4.27. The van der Waals surface area contributed by atoms with Crippen LogP contribution in [0.5, 0.6) is 0 Å². The first kappa shape index (κ1) is 14.2. The average molecular weight is 286 g/mol. The van der Waals surface area contributed by atoms with Crippen molar-refractivity contribution < 1.29 is 22.4 Å². The lowest BCUT2D eigenvalue weighted by Crippen LogP contribution is -2.33. The van der Waals surface area contributed by atoms with Crippen LogP contribution in [0.3, 0.4) is 0 Å². The zero-order valence-electron chi connectivity index (χ0n) is 10.4. The van der Waals surface area contributed by atoms with Crippen molar-refractivity contribution in [3.8, 4) is 0 Å². The first-order chi connectivity index (χ1) is 9.26. The van der Waals surface area contributed by atoms with Crippen LogP contribution in [-0.4, -0.2) is 23.6 Å². The van der Waals surface area contributed by atoms with Crippen LogP contribution in [-0.2, 0) is 0 Å².